The molecule has 1 atom stereocenters. The van der Waals surface area contributed by atoms with Gasteiger partial charge in [0.25, 0.3) is 0 Å². The predicted molar refractivity (Wildman–Crippen MR) is 119 cm³/mol. The molecule has 28 heavy (non-hydrogen) atoms. The fourth-order valence-corrected chi connectivity index (χ4v) is 5.23. The molecular weight excluding hydrogens is 368 g/mol. The zero-order chi connectivity index (χ0) is 20.1. The number of piperidine rings is 1. The molecule has 1 saturated heterocycles. The molecule has 2 heterocycles. The van der Waals surface area contributed by atoms with Crippen LogP contribution in [-0.4, -0.2) is 55.1 Å². The van der Waals surface area contributed by atoms with E-state index in [2.05, 4.69) is 54.9 Å². The van der Waals surface area contributed by atoms with Crippen molar-refractivity contribution in [3.8, 4) is 0 Å². The molecule has 2 aromatic rings. The topological polar surface area (TPSA) is 48.5 Å². The molecule has 0 unspecified atom stereocenters. The van der Waals surface area contributed by atoms with Crippen molar-refractivity contribution < 1.29 is 4.79 Å². The van der Waals surface area contributed by atoms with Crippen LogP contribution >= 0.6 is 11.3 Å². The molecule has 1 aromatic carbocycles. The highest BCUT2D eigenvalue weighted by Crippen LogP contribution is 2.33. The molecule has 0 spiro atoms. The molecule has 0 radical (unpaired) electrons. The molecule has 154 valence electrons. The van der Waals surface area contributed by atoms with Gasteiger partial charge in [-0.05, 0) is 69.9 Å². The molecule has 1 fully saturated rings. The van der Waals surface area contributed by atoms with E-state index in [4.69, 9.17) is 4.98 Å². The van der Waals surface area contributed by atoms with Crippen LogP contribution in [0.15, 0.2) is 12.1 Å². The molecule has 6 heteroatoms. The predicted octanol–water partition coefficient (Wildman–Crippen LogP) is 3.98. The number of hydrogen-bond donors (Lipinski definition) is 1. The van der Waals surface area contributed by atoms with E-state index in [1.165, 1.54) is 15.8 Å². The lowest BCUT2D eigenvalue weighted by molar-refractivity contribution is -0.125. The van der Waals surface area contributed by atoms with Crippen LogP contribution in [0.3, 0.4) is 0 Å². The Balaban J connectivity index is 1.56. The number of aromatic nitrogens is 1. The summed E-state index contributed by atoms with van der Waals surface area (Å²) in [5, 5.41) is 4.22. The van der Waals surface area contributed by atoms with Crippen LogP contribution in [0.4, 0.5) is 5.13 Å². The SMILES string of the molecule is CCN(CC)CCCNC(=O)[C@H]1CCCN(c2nc3c(C)cc(C)cc3s2)C1. The Morgan fingerprint density at radius 1 is 1.32 bits per heavy atom. The molecular formula is C22H34N4OS. The number of carbonyl (C=O) groups excluding carboxylic acids is 1. The van der Waals surface area contributed by atoms with E-state index < -0.39 is 0 Å². The fourth-order valence-electron chi connectivity index (χ4n) is 4.06. The van der Waals surface area contributed by atoms with E-state index in [1.54, 1.807) is 11.3 Å². The molecule has 1 aliphatic rings. The molecule has 1 aromatic heterocycles. The third-order valence-corrected chi connectivity index (χ3v) is 6.79. The van der Waals surface area contributed by atoms with Crippen LogP contribution < -0.4 is 10.2 Å². The third-order valence-electron chi connectivity index (χ3n) is 5.73. The number of amides is 1. The maximum Gasteiger partial charge on any atom is 0.224 e. The van der Waals surface area contributed by atoms with Gasteiger partial charge in [-0.2, -0.15) is 0 Å². The smallest absolute Gasteiger partial charge is 0.224 e. The third kappa shape index (κ3) is 5.03. The maximum atomic E-state index is 12.7. The van der Waals surface area contributed by atoms with Crippen LogP contribution in [0.25, 0.3) is 10.2 Å². The molecule has 1 N–H and O–H groups in total. The molecule has 0 bridgehead atoms. The maximum absolute atomic E-state index is 12.7. The first kappa shape index (κ1) is 21.1. The standard InChI is InChI=1S/C22H34N4OS/c1-5-25(6-2)11-8-10-23-21(27)18-9-7-12-26(15-18)22-24-20-17(4)13-16(3)14-19(20)28-22/h13-14,18H,5-12,15H2,1-4H3,(H,23,27)/t18-/m0/s1. The van der Waals surface area contributed by atoms with Crippen LogP contribution in [-0.2, 0) is 4.79 Å². The van der Waals surface area contributed by atoms with Gasteiger partial charge in [-0.3, -0.25) is 4.79 Å². The van der Waals surface area contributed by atoms with Crippen LogP contribution in [0.5, 0.6) is 0 Å². The summed E-state index contributed by atoms with van der Waals surface area (Å²) < 4.78 is 1.25. The first-order valence-corrected chi connectivity index (χ1v) is 11.5. The number of anilines is 1. The van der Waals surface area contributed by atoms with Gasteiger partial charge < -0.3 is 15.1 Å². The molecule has 1 aliphatic heterocycles. The van der Waals surface area contributed by atoms with E-state index in [0.29, 0.717) is 0 Å². The van der Waals surface area contributed by atoms with E-state index in [1.807, 2.05) is 0 Å². The van der Waals surface area contributed by atoms with Gasteiger partial charge in [0.05, 0.1) is 16.1 Å². The average molecular weight is 403 g/mol. The van der Waals surface area contributed by atoms with Crippen molar-refractivity contribution in [3.05, 3.63) is 23.3 Å². The van der Waals surface area contributed by atoms with Crippen LogP contribution in [0, 0.1) is 19.8 Å². The summed E-state index contributed by atoms with van der Waals surface area (Å²) in [4.78, 5) is 22.3. The highest BCUT2D eigenvalue weighted by molar-refractivity contribution is 7.22. The number of hydrogen-bond acceptors (Lipinski definition) is 5. The minimum Gasteiger partial charge on any atom is -0.356 e. The number of nitrogens with one attached hydrogen (secondary N) is 1. The lowest BCUT2D eigenvalue weighted by Crippen LogP contribution is -2.43. The lowest BCUT2D eigenvalue weighted by atomic mass is 9.97. The average Bonchev–Trinajstić information content (AvgIpc) is 3.12. The van der Waals surface area contributed by atoms with Gasteiger partial charge in [-0.1, -0.05) is 31.3 Å². The molecule has 5 nitrogen and oxygen atoms in total. The Bertz CT molecular complexity index is 799. The van der Waals surface area contributed by atoms with E-state index in [9.17, 15) is 4.79 Å². The Hall–Kier alpha value is -1.66. The number of nitrogens with zero attached hydrogens (tertiary/aromatic N) is 3. The monoisotopic (exact) mass is 402 g/mol. The van der Waals surface area contributed by atoms with Gasteiger partial charge in [0, 0.05) is 19.6 Å². The summed E-state index contributed by atoms with van der Waals surface area (Å²) >= 11 is 1.75. The minimum absolute atomic E-state index is 0.0667. The van der Waals surface area contributed by atoms with Crippen LogP contribution in [0.1, 0.15) is 44.2 Å². The van der Waals surface area contributed by atoms with Crippen molar-refractivity contribution >= 4 is 32.6 Å². The first-order valence-electron chi connectivity index (χ1n) is 10.6. The van der Waals surface area contributed by atoms with Gasteiger partial charge in [0.2, 0.25) is 5.91 Å². The zero-order valence-corrected chi connectivity index (χ0v) is 18.6. The second kappa shape index (κ2) is 9.70. The van der Waals surface area contributed by atoms with Gasteiger partial charge in [0.15, 0.2) is 5.13 Å². The Kier molecular flexibility index (Phi) is 7.30. The largest absolute Gasteiger partial charge is 0.356 e. The quantitative estimate of drug-likeness (QED) is 0.679. The first-order chi connectivity index (χ1) is 13.5. The van der Waals surface area contributed by atoms with Crippen molar-refractivity contribution in [3.63, 3.8) is 0 Å². The minimum atomic E-state index is 0.0667. The zero-order valence-electron chi connectivity index (χ0n) is 17.8. The van der Waals surface area contributed by atoms with Crippen molar-refractivity contribution in [1.82, 2.24) is 15.2 Å². The highest BCUT2D eigenvalue weighted by Gasteiger charge is 2.27. The fraction of sp³-hybridized carbons (Fsp3) is 0.636. The highest BCUT2D eigenvalue weighted by atomic mass is 32.1. The number of benzene rings is 1. The Morgan fingerprint density at radius 3 is 2.86 bits per heavy atom. The van der Waals surface area contributed by atoms with Gasteiger partial charge in [-0.25, -0.2) is 4.98 Å². The van der Waals surface area contributed by atoms with Crippen molar-refractivity contribution in [2.45, 2.75) is 47.0 Å². The van der Waals surface area contributed by atoms with E-state index in [-0.39, 0.29) is 11.8 Å². The van der Waals surface area contributed by atoms with Crippen molar-refractivity contribution in [2.75, 3.05) is 44.2 Å². The number of carbonyl (C=O) groups is 1. The lowest BCUT2D eigenvalue weighted by Gasteiger charge is -2.31. The molecule has 0 aliphatic carbocycles. The second-order valence-corrected chi connectivity index (χ2v) is 8.89. The molecule has 0 saturated carbocycles. The van der Waals surface area contributed by atoms with Gasteiger partial charge in [-0.15, -0.1) is 0 Å². The van der Waals surface area contributed by atoms with E-state index >= 15 is 0 Å². The molecule has 1 amide bonds. The Morgan fingerprint density at radius 2 is 2.11 bits per heavy atom. The number of aryl methyl sites for hydroxylation is 2. The number of fused-ring (bicyclic) bond motifs is 1. The van der Waals surface area contributed by atoms with Gasteiger partial charge in [0.1, 0.15) is 0 Å². The summed E-state index contributed by atoms with van der Waals surface area (Å²) in [5.74, 6) is 0.273. The normalized spacial score (nSPS) is 17.5. The molecule has 3 rings (SSSR count). The van der Waals surface area contributed by atoms with Crippen molar-refractivity contribution in [1.29, 1.82) is 0 Å². The van der Waals surface area contributed by atoms with Gasteiger partial charge >= 0.3 is 0 Å². The summed E-state index contributed by atoms with van der Waals surface area (Å²) in [6.45, 7) is 14.4. The summed E-state index contributed by atoms with van der Waals surface area (Å²) in [5.41, 5.74) is 3.62. The second-order valence-electron chi connectivity index (χ2n) is 7.88. The number of rotatable bonds is 8. The van der Waals surface area contributed by atoms with Crippen molar-refractivity contribution in [2.24, 2.45) is 5.92 Å². The summed E-state index contributed by atoms with van der Waals surface area (Å²) in [6.07, 6.45) is 3.03. The summed E-state index contributed by atoms with van der Waals surface area (Å²) in [6, 6.07) is 4.41. The Labute approximate surface area is 173 Å². The summed E-state index contributed by atoms with van der Waals surface area (Å²) in [7, 11) is 0. The number of thiazole rings is 1. The van der Waals surface area contributed by atoms with E-state index in [0.717, 1.165) is 69.2 Å². The van der Waals surface area contributed by atoms with Crippen LogP contribution in [0.2, 0.25) is 0 Å².